The van der Waals surface area contributed by atoms with E-state index in [-0.39, 0.29) is 12.5 Å². The Morgan fingerprint density at radius 3 is 2.50 bits per heavy atom. The van der Waals surface area contributed by atoms with E-state index in [2.05, 4.69) is 11.2 Å². The first-order valence-corrected chi connectivity index (χ1v) is 5.94. The Balaban J connectivity index is 3.13. The highest BCUT2D eigenvalue weighted by atomic mass is 16.5. The third kappa shape index (κ3) is 12.9. The van der Waals surface area contributed by atoms with E-state index in [1.54, 1.807) is 0 Å². The molecule has 0 unspecified atom stereocenters. The van der Waals surface area contributed by atoms with Gasteiger partial charge in [-0.05, 0) is 0 Å². The number of nitrogens with one attached hydrogen (secondary N) is 1. The Morgan fingerprint density at radius 2 is 1.83 bits per heavy atom. The summed E-state index contributed by atoms with van der Waals surface area (Å²) in [6, 6.07) is 0. The fourth-order valence-corrected chi connectivity index (χ4v) is 1.05. The summed E-state index contributed by atoms with van der Waals surface area (Å²) in [5.41, 5.74) is 5.25. The van der Waals surface area contributed by atoms with Gasteiger partial charge in [0.05, 0.1) is 39.5 Å². The molecule has 0 spiro atoms. The van der Waals surface area contributed by atoms with Gasteiger partial charge >= 0.3 is 0 Å². The van der Waals surface area contributed by atoms with Crippen molar-refractivity contribution in [3.63, 3.8) is 0 Å². The van der Waals surface area contributed by atoms with Gasteiger partial charge in [-0.3, -0.25) is 4.79 Å². The maximum absolute atomic E-state index is 11.2. The van der Waals surface area contributed by atoms with Crippen LogP contribution in [0.15, 0.2) is 0 Å². The van der Waals surface area contributed by atoms with Crippen LogP contribution in [0.4, 0.5) is 0 Å². The Bertz CT molecular complexity index is 241. The van der Waals surface area contributed by atoms with Gasteiger partial charge in [0.2, 0.25) is 5.91 Å². The molecule has 0 atom stereocenters. The largest absolute Gasteiger partial charge is 0.378 e. The number of carbonyl (C=O) groups excluding carboxylic acids is 1. The minimum atomic E-state index is -0.0741. The topological polar surface area (TPSA) is 82.8 Å². The van der Waals surface area contributed by atoms with Gasteiger partial charge in [-0.15, -0.1) is 6.42 Å². The van der Waals surface area contributed by atoms with Gasteiger partial charge in [0.15, 0.2) is 0 Å². The third-order valence-electron chi connectivity index (χ3n) is 1.86. The quantitative estimate of drug-likeness (QED) is 0.351. The number of hydrogen-bond donors (Lipinski definition) is 2. The van der Waals surface area contributed by atoms with Gasteiger partial charge in [-0.2, -0.15) is 0 Å². The first-order valence-electron chi connectivity index (χ1n) is 5.94. The van der Waals surface area contributed by atoms with E-state index in [0.717, 1.165) is 0 Å². The summed E-state index contributed by atoms with van der Waals surface area (Å²) >= 11 is 0. The summed E-state index contributed by atoms with van der Waals surface area (Å²) in [4.78, 5) is 11.2. The molecule has 0 aliphatic carbocycles. The molecule has 1 amide bonds. The minimum absolute atomic E-state index is 0.0741. The second-order valence-electron chi connectivity index (χ2n) is 3.37. The molecule has 0 aromatic carbocycles. The van der Waals surface area contributed by atoms with E-state index in [9.17, 15) is 4.79 Å². The van der Waals surface area contributed by atoms with Gasteiger partial charge in [0.25, 0.3) is 0 Å². The fourth-order valence-electron chi connectivity index (χ4n) is 1.05. The maximum Gasteiger partial charge on any atom is 0.222 e. The summed E-state index contributed by atoms with van der Waals surface area (Å²) in [6.45, 7) is 3.58. The van der Waals surface area contributed by atoms with Gasteiger partial charge in [0, 0.05) is 13.1 Å². The summed E-state index contributed by atoms with van der Waals surface area (Å²) in [5, 5.41) is 2.71. The first kappa shape index (κ1) is 16.9. The molecular formula is C12H22N2O4. The van der Waals surface area contributed by atoms with Crippen molar-refractivity contribution in [2.24, 2.45) is 5.73 Å². The second-order valence-corrected chi connectivity index (χ2v) is 3.37. The van der Waals surface area contributed by atoms with Crippen molar-refractivity contribution in [1.29, 1.82) is 0 Å². The number of nitrogens with two attached hydrogens (primary N) is 1. The average Bonchev–Trinajstić information content (AvgIpc) is 2.38. The van der Waals surface area contributed by atoms with Crippen molar-refractivity contribution < 1.29 is 19.0 Å². The normalized spacial score (nSPS) is 10.0. The van der Waals surface area contributed by atoms with Crippen molar-refractivity contribution in [3.8, 4) is 12.3 Å². The number of hydrogen-bond acceptors (Lipinski definition) is 5. The summed E-state index contributed by atoms with van der Waals surface area (Å²) < 4.78 is 15.3. The van der Waals surface area contributed by atoms with Crippen LogP contribution in [0.3, 0.4) is 0 Å². The van der Waals surface area contributed by atoms with E-state index in [1.165, 1.54) is 0 Å². The van der Waals surface area contributed by atoms with Crippen LogP contribution in [0.25, 0.3) is 0 Å². The molecule has 0 fully saturated rings. The van der Waals surface area contributed by atoms with Gasteiger partial charge in [0.1, 0.15) is 6.61 Å². The van der Waals surface area contributed by atoms with E-state index in [1.807, 2.05) is 0 Å². The molecule has 18 heavy (non-hydrogen) atoms. The standard InChI is InChI=1S/C12H22N2O4/c1-2-6-16-7-3-12(15)14-5-9-18-11-10-17-8-4-13/h1H,3-11,13H2,(H,14,15). The Labute approximate surface area is 108 Å². The van der Waals surface area contributed by atoms with Crippen molar-refractivity contribution in [2.45, 2.75) is 6.42 Å². The second kappa shape index (κ2) is 13.9. The molecule has 6 heteroatoms. The van der Waals surface area contributed by atoms with Crippen LogP contribution >= 0.6 is 0 Å². The molecule has 0 heterocycles. The molecule has 3 N–H and O–H groups in total. The number of rotatable bonds is 12. The first-order chi connectivity index (χ1) is 8.81. The van der Waals surface area contributed by atoms with Gasteiger partial charge in [-0.1, -0.05) is 5.92 Å². The molecule has 0 aromatic rings. The van der Waals surface area contributed by atoms with Crippen LogP contribution in [-0.2, 0) is 19.0 Å². The van der Waals surface area contributed by atoms with Crippen LogP contribution < -0.4 is 11.1 Å². The highest BCUT2D eigenvalue weighted by Gasteiger charge is 1.99. The predicted octanol–water partition coefficient (Wildman–Crippen LogP) is -0.866. The molecule has 0 radical (unpaired) electrons. The number of terminal acetylenes is 1. The zero-order chi connectivity index (χ0) is 13.5. The number of amides is 1. The van der Waals surface area contributed by atoms with Gasteiger partial charge in [-0.25, -0.2) is 0 Å². The molecule has 0 aromatic heterocycles. The lowest BCUT2D eigenvalue weighted by atomic mass is 10.4. The SMILES string of the molecule is C#CCOCCC(=O)NCCOCCOCCN. The number of ether oxygens (including phenoxy) is 3. The summed E-state index contributed by atoms with van der Waals surface area (Å²) in [6.07, 6.45) is 5.30. The zero-order valence-electron chi connectivity index (χ0n) is 10.7. The predicted molar refractivity (Wildman–Crippen MR) is 68.0 cm³/mol. The van der Waals surface area contributed by atoms with Crippen molar-refractivity contribution in [1.82, 2.24) is 5.32 Å². The molecule has 6 nitrogen and oxygen atoms in total. The van der Waals surface area contributed by atoms with E-state index < -0.39 is 0 Å². The van der Waals surface area contributed by atoms with Crippen LogP contribution in [0.5, 0.6) is 0 Å². The van der Waals surface area contributed by atoms with Crippen molar-refractivity contribution in [2.75, 3.05) is 52.7 Å². The van der Waals surface area contributed by atoms with Crippen molar-refractivity contribution >= 4 is 5.91 Å². The molecule has 104 valence electrons. The fraction of sp³-hybridized carbons (Fsp3) is 0.750. The molecule has 0 rings (SSSR count). The minimum Gasteiger partial charge on any atom is -0.378 e. The monoisotopic (exact) mass is 258 g/mol. The van der Waals surface area contributed by atoms with Crippen LogP contribution in [0, 0.1) is 12.3 Å². The van der Waals surface area contributed by atoms with Crippen LogP contribution in [-0.4, -0.2) is 58.6 Å². The Hall–Kier alpha value is -1.13. The lowest BCUT2D eigenvalue weighted by Crippen LogP contribution is -2.28. The smallest absolute Gasteiger partial charge is 0.222 e. The van der Waals surface area contributed by atoms with Crippen LogP contribution in [0.1, 0.15) is 6.42 Å². The Kier molecular flexibility index (Phi) is 13.1. The summed E-state index contributed by atoms with van der Waals surface area (Å²) in [7, 11) is 0. The third-order valence-corrected chi connectivity index (χ3v) is 1.86. The van der Waals surface area contributed by atoms with E-state index in [4.69, 9.17) is 26.4 Å². The van der Waals surface area contributed by atoms with E-state index >= 15 is 0 Å². The van der Waals surface area contributed by atoms with Crippen molar-refractivity contribution in [3.05, 3.63) is 0 Å². The number of carbonyl (C=O) groups is 1. The molecular weight excluding hydrogens is 236 g/mol. The summed E-state index contributed by atoms with van der Waals surface area (Å²) in [5.74, 6) is 2.25. The average molecular weight is 258 g/mol. The lowest BCUT2D eigenvalue weighted by molar-refractivity contribution is -0.122. The molecule has 0 saturated heterocycles. The van der Waals surface area contributed by atoms with Crippen LogP contribution in [0.2, 0.25) is 0 Å². The Morgan fingerprint density at radius 1 is 1.11 bits per heavy atom. The highest BCUT2D eigenvalue weighted by molar-refractivity contribution is 5.75. The molecule has 0 saturated carbocycles. The molecule has 0 aliphatic rings. The molecule has 0 aliphatic heterocycles. The van der Waals surface area contributed by atoms with E-state index in [0.29, 0.717) is 52.5 Å². The molecule has 0 bridgehead atoms. The highest BCUT2D eigenvalue weighted by Crippen LogP contribution is 1.83. The lowest BCUT2D eigenvalue weighted by Gasteiger charge is -2.06. The maximum atomic E-state index is 11.2. The zero-order valence-corrected chi connectivity index (χ0v) is 10.7. The van der Waals surface area contributed by atoms with Gasteiger partial charge < -0.3 is 25.3 Å².